The van der Waals surface area contributed by atoms with E-state index in [1.165, 1.54) is 11.4 Å². The van der Waals surface area contributed by atoms with Gasteiger partial charge in [0, 0.05) is 12.6 Å². The van der Waals surface area contributed by atoms with Crippen molar-refractivity contribution in [2.45, 2.75) is 24.8 Å². The summed E-state index contributed by atoms with van der Waals surface area (Å²) < 4.78 is 32.6. The zero-order valence-corrected chi connectivity index (χ0v) is 18.6. The van der Waals surface area contributed by atoms with Gasteiger partial charge in [-0.15, -0.1) is 0 Å². The van der Waals surface area contributed by atoms with Crippen molar-refractivity contribution in [2.24, 2.45) is 0 Å². The van der Waals surface area contributed by atoms with Crippen LogP contribution >= 0.6 is 0 Å². The van der Waals surface area contributed by atoms with Crippen molar-refractivity contribution in [1.29, 1.82) is 0 Å². The molecule has 0 aliphatic rings. The molecule has 0 aromatic heterocycles. The number of amides is 1. The molecule has 31 heavy (non-hydrogen) atoms. The molecule has 3 aromatic rings. The van der Waals surface area contributed by atoms with Crippen LogP contribution in [-0.4, -0.2) is 34.0 Å². The summed E-state index contributed by atoms with van der Waals surface area (Å²) in [4.78, 5) is 12.8. The van der Waals surface area contributed by atoms with E-state index in [4.69, 9.17) is 4.74 Å². The molecule has 1 amide bonds. The highest BCUT2D eigenvalue weighted by molar-refractivity contribution is 7.92. The number of carbonyl (C=O) groups excluding carboxylic acids is 1. The first-order valence-corrected chi connectivity index (χ1v) is 11.4. The smallest absolute Gasteiger partial charge is 0.264 e. The lowest BCUT2D eigenvalue weighted by atomic mass is 10.1. The number of ether oxygens (including phenoxy) is 1. The van der Waals surface area contributed by atoms with E-state index in [0.29, 0.717) is 23.4 Å². The summed E-state index contributed by atoms with van der Waals surface area (Å²) in [5.74, 6) is 0.499. The minimum Gasteiger partial charge on any atom is -0.491 e. The molecule has 0 bridgehead atoms. The van der Waals surface area contributed by atoms with Crippen molar-refractivity contribution in [2.75, 3.05) is 18.0 Å². The van der Waals surface area contributed by atoms with Gasteiger partial charge in [-0.25, -0.2) is 8.42 Å². The Labute approximate surface area is 183 Å². The van der Waals surface area contributed by atoms with Crippen LogP contribution in [0.3, 0.4) is 0 Å². The molecule has 0 heterocycles. The molecule has 3 rings (SSSR count). The van der Waals surface area contributed by atoms with Crippen LogP contribution in [0.2, 0.25) is 0 Å². The van der Waals surface area contributed by atoms with Gasteiger partial charge in [0.2, 0.25) is 0 Å². The number of anilines is 1. The van der Waals surface area contributed by atoms with Crippen molar-refractivity contribution in [3.05, 3.63) is 90.0 Å². The number of sulfonamides is 1. The van der Waals surface area contributed by atoms with E-state index in [1.54, 1.807) is 55.5 Å². The largest absolute Gasteiger partial charge is 0.491 e. The number of aryl methyl sites for hydroxylation is 1. The Morgan fingerprint density at radius 3 is 2.23 bits per heavy atom. The lowest BCUT2D eigenvalue weighted by Gasteiger charge is -2.22. The Bertz CT molecular complexity index is 1130. The number of para-hydroxylation sites is 1. The summed E-state index contributed by atoms with van der Waals surface area (Å²) >= 11 is 0. The molecule has 3 aromatic carbocycles. The topological polar surface area (TPSA) is 75.7 Å². The Hall–Kier alpha value is -3.32. The summed E-state index contributed by atoms with van der Waals surface area (Å²) in [6, 6.07) is 22.4. The fraction of sp³-hybridized carbons (Fsp3) is 0.208. The van der Waals surface area contributed by atoms with Crippen molar-refractivity contribution >= 4 is 21.6 Å². The molecule has 1 atom stereocenters. The minimum atomic E-state index is -3.68. The van der Waals surface area contributed by atoms with E-state index in [9.17, 15) is 13.2 Å². The molecular formula is C24H26N2O4S. The van der Waals surface area contributed by atoms with Gasteiger partial charge in [0.05, 0.1) is 16.6 Å². The first-order chi connectivity index (χ1) is 14.8. The minimum absolute atomic E-state index is 0.200. The Morgan fingerprint density at radius 2 is 1.61 bits per heavy atom. The van der Waals surface area contributed by atoms with Gasteiger partial charge in [-0.3, -0.25) is 9.10 Å². The lowest BCUT2D eigenvalue weighted by molar-refractivity contribution is 0.0926. The van der Waals surface area contributed by atoms with Gasteiger partial charge in [-0.2, -0.15) is 0 Å². The van der Waals surface area contributed by atoms with Crippen LogP contribution in [0.5, 0.6) is 5.75 Å². The van der Waals surface area contributed by atoms with Gasteiger partial charge in [0.25, 0.3) is 15.9 Å². The molecule has 162 valence electrons. The number of hydrogen-bond donors (Lipinski definition) is 1. The summed E-state index contributed by atoms with van der Waals surface area (Å²) in [6.07, 6.45) is 0. The third kappa shape index (κ3) is 5.44. The third-order valence-corrected chi connectivity index (χ3v) is 6.61. The maximum atomic E-state index is 12.9. The van der Waals surface area contributed by atoms with Gasteiger partial charge >= 0.3 is 0 Å². The summed E-state index contributed by atoms with van der Waals surface area (Å²) in [5.41, 5.74) is 1.65. The number of hydrogen-bond acceptors (Lipinski definition) is 4. The van der Waals surface area contributed by atoms with Crippen molar-refractivity contribution < 1.29 is 17.9 Å². The maximum Gasteiger partial charge on any atom is 0.264 e. The zero-order chi connectivity index (χ0) is 22.4. The fourth-order valence-electron chi connectivity index (χ4n) is 3.12. The number of rotatable bonds is 8. The molecular weight excluding hydrogens is 412 g/mol. The van der Waals surface area contributed by atoms with Gasteiger partial charge in [0.1, 0.15) is 12.4 Å². The SMILES string of the molecule is Cc1cc(C(=O)N[C@H](C)COc2ccccc2)ccc1N(C)S(=O)(=O)c1ccccc1. The summed E-state index contributed by atoms with van der Waals surface area (Å²) in [5, 5.41) is 2.90. The molecule has 0 saturated heterocycles. The van der Waals surface area contributed by atoms with E-state index in [2.05, 4.69) is 5.32 Å². The van der Waals surface area contributed by atoms with Crippen LogP contribution in [0.25, 0.3) is 0 Å². The van der Waals surface area contributed by atoms with Crippen molar-refractivity contribution in [1.82, 2.24) is 5.32 Å². The van der Waals surface area contributed by atoms with Gasteiger partial charge in [0.15, 0.2) is 0 Å². The van der Waals surface area contributed by atoms with E-state index < -0.39 is 10.0 Å². The van der Waals surface area contributed by atoms with Crippen LogP contribution in [0.4, 0.5) is 5.69 Å². The molecule has 0 aliphatic carbocycles. The maximum absolute atomic E-state index is 12.9. The molecule has 0 unspecified atom stereocenters. The normalized spacial score (nSPS) is 12.1. The van der Waals surface area contributed by atoms with Crippen molar-refractivity contribution in [3.63, 3.8) is 0 Å². The van der Waals surface area contributed by atoms with Gasteiger partial charge < -0.3 is 10.1 Å². The fourth-order valence-corrected chi connectivity index (χ4v) is 4.40. The molecule has 0 spiro atoms. The van der Waals surface area contributed by atoms with Crippen LogP contribution in [0, 0.1) is 6.92 Å². The predicted octanol–water partition coefficient (Wildman–Crippen LogP) is 4.02. The highest BCUT2D eigenvalue weighted by Gasteiger charge is 2.23. The Kier molecular flexibility index (Phi) is 6.97. The zero-order valence-electron chi connectivity index (χ0n) is 17.8. The number of benzene rings is 3. The highest BCUT2D eigenvalue weighted by atomic mass is 32.2. The molecule has 0 radical (unpaired) electrons. The molecule has 0 fully saturated rings. The number of nitrogens with zero attached hydrogens (tertiary/aromatic N) is 1. The van der Waals surface area contributed by atoms with Crippen LogP contribution in [0.1, 0.15) is 22.8 Å². The van der Waals surface area contributed by atoms with E-state index in [0.717, 1.165) is 5.75 Å². The first-order valence-electron chi connectivity index (χ1n) is 9.92. The average Bonchev–Trinajstić information content (AvgIpc) is 2.78. The Balaban J connectivity index is 1.67. The monoisotopic (exact) mass is 438 g/mol. The van der Waals surface area contributed by atoms with Crippen molar-refractivity contribution in [3.8, 4) is 5.75 Å². The quantitative estimate of drug-likeness (QED) is 0.576. The molecule has 6 nitrogen and oxygen atoms in total. The van der Waals surface area contributed by atoms with Crippen LogP contribution in [0.15, 0.2) is 83.8 Å². The highest BCUT2D eigenvalue weighted by Crippen LogP contribution is 2.26. The molecule has 0 aliphatic heterocycles. The second-order valence-electron chi connectivity index (χ2n) is 7.29. The van der Waals surface area contributed by atoms with Gasteiger partial charge in [-0.1, -0.05) is 36.4 Å². The second kappa shape index (κ2) is 9.66. The molecule has 0 saturated carbocycles. The van der Waals surface area contributed by atoms with E-state index in [-0.39, 0.29) is 16.8 Å². The molecule has 1 N–H and O–H groups in total. The number of carbonyl (C=O) groups is 1. The second-order valence-corrected chi connectivity index (χ2v) is 9.25. The summed E-state index contributed by atoms with van der Waals surface area (Å²) in [7, 11) is -2.18. The van der Waals surface area contributed by atoms with Crippen LogP contribution < -0.4 is 14.4 Å². The van der Waals surface area contributed by atoms with Crippen LogP contribution in [-0.2, 0) is 10.0 Å². The number of nitrogens with one attached hydrogen (secondary N) is 1. The Morgan fingerprint density at radius 1 is 1.00 bits per heavy atom. The predicted molar refractivity (Wildman–Crippen MR) is 122 cm³/mol. The average molecular weight is 439 g/mol. The van der Waals surface area contributed by atoms with E-state index in [1.807, 2.05) is 37.3 Å². The molecule has 7 heteroatoms. The summed E-state index contributed by atoms with van der Waals surface area (Å²) in [6.45, 7) is 3.98. The van der Waals surface area contributed by atoms with Gasteiger partial charge in [-0.05, 0) is 61.9 Å². The third-order valence-electron chi connectivity index (χ3n) is 4.82. The lowest BCUT2D eigenvalue weighted by Crippen LogP contribution is -2.36. The standard InChI is InChI=1S/C24H26N2O4S/c1-18-16-20(24(27)25-19(2)17-30-21-10-6-4-7-11-21)14-15-23(18)26(3)31(28,29)22-12-8-5-9-13-22/h4-16,19H,17H2,1-3H3,(H,25,27)/t19-/m1/s1. The van der Waals surface area contributed by atoms with E-state index >= 15 is 0 Å². The first kappa shape index (κ1) is 22.4.